The number of carbonyl (C=O) groups excluding carboxylic acids is 1. The van der Waals surface area contributed by atoms with Crippen LogP contribution in [0.15, 0.2) is 16.9 Å². The Morgan fingerprint density at radius 1 is 1.37 bits per heavy atom. The van der Waals surface area contributed by atoms with Gasteiger partial charge < -0.3 is 10.6 Å². The highest BCUT2D eigenvalue weighted by Gasteiger charge is 2.25. The van der Waals surface area contributed by atoms with Crippen LogP contribution < -0.4 is 16.2 Å². The topological polar surface area (TPSA) is 76.0 Å². The van der Waals surface area contributed by atoms with Crippen molar-refractivity contribution in [1.82, 2.24) is 20.4 Å². The summed E-state index contributed by atoms with van der Waals surface area (Å²) in [5.41, 5.74) is 0.857. The fourth-order valence-electron chi connectivity index (χ4n) is 1.80. The Morgan fingerprint density at radius 3 is 2.79 bits per heavy atom. The lowest BCUT2D eigenvalue weighted by Gasteiger charge is -2.08. The molecule has 2 N–H and O–H groups in total. The van der Waals surface area contributed by atoms with E-state index in [1.165, 1.54) is 4.68 Å². The Bertz CT molecular complexity index is 494. The third-order valence-electron chi connectivity index (χ3n) is 3.03. The second-order valence-electron chi connectivity index (χ2n) is 4.78. The predicted molar refractivity (Wildman–Crippen MR) is 72.2 cm³/mol. The van der Waals surface area contributed by atoms with Gasteiger partial charge in [0, 0.05) is 25.1 Å². The molecule has 2 amide bonds. The number of nitrogens with zero attached hydrogens (tertiary/aromatic N) is 2. The average molecular weight is 264 g/mol. The summed E-state index contributed by atoms with van der Waals surface area (Å²) >= 11 is 0. The van der Waals surface area contributed by atoms with E-state index in [0.29, 0.717) is 25.6 Å². The molecule has 1 aliphatic rings. The molecule has 0 bridgehead atoms. The zero-order valence-corrected chi connectivity index (χ0v) is 11.2. The summed E-state index contributed by atoms with van der Waals surface area (Å²) in [6, 6.07) is 3.16. The molecule has 1 saturated carbocycles. The molecule has 0 aromatic carbocycles. The molecule has 6 nitrogen and oxygen atoms in total. The molecule has 1 aliphatic carbocycles. The molecular formula is C13H20N4O2. The highest BCUT2D eigenvalue weighted by atomic mass is 16.2. The first kappa shape index (κ1) is 13.6. The number of hydrogen-bond acceptors (Lipinski definition) is 3. The van der Waals surface area contributed by atoms with Crippen molar-refractivity contribution in [3.63, 3.8) is 0 Å². The largest absolute Gasteiger partial charge is 0.338 e. The summed E-state index contributed by atoms with van der Waals surface area (Å²) in [5.74, 6) is 0.521. The van der Waals surface area contributed by atoms with Crippen LogP contribution in [-0.2, 0) is 6.54 Å². The van der Waals surface area contributed by atoms with Crippen molar-refractivity contribution in [2.45, 2.75) is 38.6 Å². The summed E-state index contributed by atoms with van der Waals surface area (Å²) in [6.45, 7) is 3.45. The predicted octanol–water partition coefficient (Wildman–Crippen LogP) is 0.830. The molecule has 0 saturated heterocycles. The van der Waals surface area contributed by atoms with Crippen LogP contribution in [0.4, 0.5) is 4.79 Å². The molecule has 6 heteroatoms. The summed E-state index contributed by atoms with van der Waals surface area (Å²) in [7, 11) is 0. The Labute approximate surface area is 112 Å². The second kappa shape index (κ2) is 6.36. The molecule has 1 aromatic rings. The van der Waals surface area contributed by atoms with E-state index in [2.05, 4.69) is 15.7 Å². The van der Waals surface area contributed by atoms with Gasteiger partial charge in [-0.2, -0.15) is 5.10 Å². The number of hydrogen-bond donors (Lipinski definition) is 2. The van der Waals surface area contributed by atoms with Crippen LogP contribution in [0.1, 0.15) is 37.8 Å². The van der Waals surface area contributed by atoms with Crippen LogP contribution in [0.25, 0.3) is 0 Å². The van der Waals surface area contributed by atoms with Crippen LogP contribution in [0.2, 0.25) is 0 Å². The summed E-state index contributed by atoms with van der Waals surface area (Å²) in [5, 5.41) is 9.75. The first-order valence-electron chi connectivity index (χ1n) is 6.80. The minimum atomic E-state index is -0.201. The lowest BCUT2D eigenvalue weighted by atomic mass is 10.3. The SMILES string of the molecule is CCCNC(=O)NCCn1nc(C2CC2)ccc1=O. The van der Waals surface area contributed by atoms with Crippen molar-refractivity contribution < 1.29 is 4.79 Å². The van der Waals surface area contributed by atoms with E-state index >= 15 is 0 Å². The number of amides is 2. The third-order valence-corrected chi connectivity index (χ3v) is 3.03. The Morgan fingerprint density at radius 2 is 2.11 bits per heavy atom. The Balaban J connectivity index is 1.83. The van der Waals surface area contributed by atoms with Gasteiger partial charge in [0.05, 0.1) is 12.2 Å². The van der Waals surface area contributed by atoms with Crippen molar-refractivity contribution in [2.75, 3.05) is 13.1 Å². The maximum atomic E-state index is 11.6. The summed E-state index contributed by atoms with van der Waals surface area (Å²) < 4.78 is 1.42. The standard InChI is InChI=1S/C13H20N4O2/c1-2-7-14-13(19)15-8-9-17-12(18)6-5-11(16-17)10-3-4-10/h5-6,10H,2-4,7-9H2,1H3,(H2,14,15,19). The Hall–Kier alpha value is -1.85. The van der Waals surface area contributed by atoms with E-state index in [1.54, 1.807) is 12.1 Å². The van der Waals surface area contributed by atoms with E-state index in [-0.39, 0.29) is 11.6 Å². The molecule has 0 radical (unpaired) electrons. The van der Waals surface area contributed by atoms with Crippen LogP contribution in [0.5, 0.6) is 0 Å². The molecule has 0 atom stereocenters. The molecule has 1 heterocycles. The maximum Gasteiger partial charge on any atom is 0.314 e. The van der Waals surface area contributed by atoms with Crippen molar-refractivity contribution in [1.29, 1.82) is 0 Å². The molecule has 0 spiro atoms. The van der Waals surface area contributed by atoms with Gasteiger partial charge in [-0.25, -0.2) is 9.48 Å². The highest BCUT2D eigenvalue weighted by Crippen LogP contribution is 2.38. The lowest BCUT2D eigenvalue weighted by molar-refractivity contribution is 0.240. The zero-order chi connectivity index (χ0) is 13.7. The highest BCUT2D eigenvalue weighted by molar-refractivity contribution is 5.73. The molecule has 104 valence electrons. The first-order chi connectivity index (χ1) is 9.20. The van der Waals surface area contributed by atoms with E-state index in [4.69, 9.17) is 0 Å². The average Bonchev–Trinajstić information content (AvgIpc) is 3.23. The van der Waals surface area contributed by atoms with Crippen LogP contribution >= 0.6 is 0 Å². The van der Waals surface area contributed by atoms with Gasteiger partial charge in [0.25, 0.3) is 5.56 Å². The number of aromatic nitrogens is 2. The monoisotopic (exact) mass is 264 g/mol. The van der Waals surface area contributed by atoms with E-state index in [9.17, 15) is 9.59 Å². The van der Waals surface area contributed by atoms with Crippen molar-refractivity contribution >= 4 is 6.03 Å². The number of rotatable bonds is 6. The maximum absolute atomic E-state index is 11.6. The summed E-state index contributed by atoms with van der Waals surface area (Å²) in [6.07, 6.45) is 3.21. The number of carbonyl (C=O) groups is 1. The van der Waals surface area contributed by atoms with E-state index in [0.717, 1.165) is 25.0 Å². The first-order valence-corrected chi connectivity index (χ1v) is 6.80. The smallest absolute Gasteiger partial charge is 0.314 e. The summed E-state index contributed by atoms with van der Waals surface area (Å²) in [4.78, 5) is 23.0. The van der Waals surface area contributed by atoms with Crippen molar-refractivity contribution in [3.05, 3.63) is 28.2 Å². The molecule has 19 heavy (non-hydrogen) atoms. The molecule has 0 aliphatic heterocycles. The lowest BCUT2D eigenvalue weighted by Crippen LogP contribution is -2.39. The second-order valence-corrected chi connectivity index (χ2v) is 4.78. The van der Waals surface area contributed by atoms with Gasteiger partial charge >= 0.3 is 6.03 Å². The van der Waals surface area contributed by atoms with Gasteiger partial charge in [-0.1, -0.05) is 6.92 Å². The van der Waals surface area contributed by atoms with Gasteiger partial charge in [0.15, 0.2) is 0 Å². The zero-order valence-electron chi connectivity index (χ0n) is 11.2. The quantitative estimate of drug-likeness (QED) is 0.799. The van der Waals surface area contributed by atoms with Crippen molar-refractivity contribution in [2.24, 2.45) is 0 Å². The third kappa shape index (κ3) is 4.08. The fraction of sp³-hybridized carbons (Fsp3) is 0.615. The van der Waals surface area contributed by atoms with Gasteiger partial charge in [0.1, 0.15) is 0 Å². The number of nitrogens with one attached hydrogen (secondary N) is 2. The molecule has 0 unspecified atom stereocenters. The van der Waals surface area contributed by atoms with Crippen LogP contribution in [0.3, 0.4) is 0 Å². The van der Waals surface area contributed by atoms with Crippen LogP contribution in [0, 0.1) is 0 Å². The number of urea groups is 1. The van der Waals surface area contributed by atoms with Gasteiger partial charge in [-0.15, -0.1) is 0 Å². The van der Waals surface area contributed by atoms with Crippen molar-refractivity contribution in [3.8, 4) is 0 Å². The van der Waals surface area contributed by atoms with E-state index < -0.39 is 0 Å². The molecular weight excluding hydrogens is 244 g/mol. The molecule has 1 fully saturated rings. The van der Waals surface area contributed by atoms with Gasteiger partial charge in [-0.05, 0) is 25.3 Å². The van der Waals surface area contributed by atoms with E-state index in [1.807, 2.05) is 6.92 Å². The Kier molecular flexibility index (Phi) is 4.54. The van der Waals surface area contributed by atoms with Gasteiger partial charge in [0.2, 0.25) is 0 Å². The normalized spacial score (nSPS) is 14.2. The minimum absolute atomic E-state index is 0.125. The fourth-order valence-corrected chi connectivity index (χ4v) is 1.80. The molecule has 1 aromatic heterocycles. The molecule has 2 rings (SSSR count). The van der Waals surface area contributed by atoms with Gasteiger partial charge in [-0.3, -0.25) is 4.79 Å². The minimum Gasteiger partial charge on any atom is -0.338 e. The van der Waals surface area contributed by atoms with Crippen LogP contribution in [-0.4, -0.2) is 28.9 Å².